The topological polar surface area (TPSA) is 38.0 Å². The molecule has 0 amide bonds. The van der Waals surface area contributed by atoms with Crippen molar-refractivity contribution < 1.29 is 4.39 Å². The highest BCUT2D eigenvalue weighted by Gasteiger charge is 2.18. The normalized spacial score (nSPS) is 12.4. The molecule has 0 saturated heterocycles. The summed E-state index contributed by atoms with van der Waals surface area (Å²) < 4.78 is 14.1. The second-order valence-corrected chi connectivity index (χ2v) is 4.49. The van der Waals surface area contributed by atoms with Crippen molar-refractivity contribution in [1.82, 2.24) is 5.43 Å². The molecule has 0 aliphatic rings. The monoisotopic (exact) mass is 244 g/mol. The molecule has 0 radical (unpaired) electrons. The largest absolute Gasteiger partial charge is 0.271 e. The van der Waals surface area contributed by atoms with Gasteiger partial charge in [0.05, 0.1) is 6.04 Å². The van der Waals surface area contributed by atoms with Crippen LogP contribution in [0.2, 0.25) is 0 Å². The number of hydrogen-bond donors (Lipinski definition) is 2. The first kappa shape index (κ1) is 12.7. The zero-order valence-corrected chi connectivity index (χ0v) is 10.6. The fourth-order valence-electron chi connectivity index (χ4n) is 2.28. The average molecular weight is 244 g/mol. The smallest absolute Gasteiger partial charge is 0.128 e. The molecule has 0 saturated carbocycles. The van der Waals surface area contributed by atoms with Gasteiger partial charge in [0.1, 0.15) is 5.82 Å². The Kier molecular flexibility index (Phi) is 3.75. The van der Waals surface area contributed by atoms with E-state index in [1.54, 1.807) is 0 Å². The summed E-state index contributed by atoms with van der Waals surface area (Å²) in [5, 5.41) is 0. The van der Waals surface area contributed by atoms with Crippen LogP contribution in [0.3, 0.4) is 0 Å². The second kappa shape index (κ2) is 5.29. The van der Waals surface area contributed by atoms with Gasteiger partial charge in [0.15, 0.2) is 0 Å². The van der Waals surface area contributed by atoms with Gasteiger partial charge in [-0.05, 0) is 36.6 Å². The molecule has 2 aromatic carbocycles. The van der Waals surface area contributed by atoms with Gasteiger partial charge in [-0.2, -0.15) is 0 Å². The lowest BCUT2D eigenvalue weighted by Crippen LogP contribution is -2.30. The van der Waals surface area contributed by atoms with Gasteiger partial charge in [-0.3, -0.25) is 5.84 Å². The molecular weight excluding hydrogens is 227 g/mol. The second-order valence-electron chi connectivity index (χ2n) is 4.49. The number of hydrazine groups is 1. The quantitative estimate of drug-likeness (QED) is 0.643. The Morgan fingerprint density at radius 1 is 1.11 bits per heavy atom. The van der Waals surface area contributed by atoms with Gasteiger partial charge in [0, 0.05) is 5.56 Å². The summed E-state index contributed by atoms with van der Waals surface area (Å²) in [6.45, 7) is 3.78. The van der Waals surface area contributed by atoms with Crippen molar-refractivity contribution in [2.45, 2.75) is 19.9 Å². The Bertz CT molecular complexity index is 514. The molecule has 0 aliphatic heterocycles. The molecule has 0 fully saturated rings. The lowest BCUT2D eigenvalue weighted by Gasteiger charge is -2.20. The van der Waals surface area contributed by atoms with E-state index in [4.69, 9.17) is 5.84 Å². The lowest BCUT2D eigenvalue weighted by molar-refractivity contribution is 0.556. The number of nitrogens with one attached hydrogen (secondary N) is 1. The molecule has 0 heterocycles. The zero-order chi connectivity index (χ0) is 13.1. The van der Waals surface area contributed by atoms with E-state index < -0.39 is 0 Å². The fourth-order valence-corrected chi connectivity index (χ4v) is 2.28. The van der Waals surface area contributed by atoms with E-state index in [1.165, 1.54) is 6.07 Å². The lowest BCUT2D eigenvalue weighted by atomic mass is 9.94. The van der Waals surface area contributed by atoms with Crippen LogP contribution in [0.1, 0.15) is 28.3 Å². The molecule has 1 atom stereocenters. The molecule has 18 heavy (non-hydrogen) atoms. The molecular formula is C15H17FN2. The maximum Gasteiger partial charge on any atom is 0.128 e. The van der Waals surface area contributed by atoms with Crippen LogP contribution in [-0.2, 0) is 0 Å². The number of hydrogen-bond acceptors (Lipinski definition) is 2. The summed E-state index contributed by atoms with van der Waals surface area (Å²) in [4.78, 5) is 0. The van der Waals surface area contributed by atoms with Gasteiger partial charge >= 0.3 is 0 Å². The maximum atomic E-state index is 14.1. The van der Waals surface area contributed by atoms with Crippen molar-refractivity contribution in [1.29, 1.82) is 0 Å². The molecule has 0 bridgehead atoms. The van der Waals surface area contributed by atoms with Crippen LogP contribution >= 0.6 is 0 Å². The van der Waals surface area contributed by atoms with Crippen LogP contribution in [0.5, 0.6) is 0 Å². The highest BCUT2D eigenvalue weighted by atomic mass is 19.1. The maximum absolute atomic E-state index is 14.1. The predicted molar refractivity (Wildman–Crippen MR) is 71.5 cm³/mol. The van der Waals surface area contributed by atoms with Gasteiger partial charge < -0.3 is 0 Å². The minimum atomic E-state index is -0.327. The third-order valence-electron chi connectivity index (χ3n) is 3.07. The Balaban J connectivity index is 2.52. The van der Waals surface area contributed by atoms with E-state index in [-0.39, 0.29) is 11.9 Å². The Morgan fingerprint density at radius 2 is 1.78 bits per heavy atom. The van der Waals surface area contributed by atoms with Gasteiger partial charge in [0.2, 0.25) is 0 Å². The van der Waals surface area contributed by atoms with Crippen molar-refractivity contribution in [3.63, 3.8) is 0 Å². The molecule has 2 aromatic rings. The zero-order valence-electron chi connectivity index (χ0n) is 10.6. The van der Waals surface area contributed by atoms with Crippen molar-refractivity contribution in [2.24, 2.45) is 5.84 Å². The summed E-state index contributed by atoms with van der Waals surface area (Å²) >= 11 is 0. The van der Waals surface area contributed by atoms with E-state index in [9.17, 15) is 4.39 Å². The molecule has 2 nitrogen and oxygen atoms in total. The van der Waals surface area contributed by atoms with Crippen LogP contribution < -0.4 is 11.3 Å². The van der Waals surface area contributed by atoms with Crippen molar-refractivity contribution in [3.8, 4) is 0 Å². The molecule has 3 heteroatoms. The predicted octanol–water partition coefficient (Wildman–Crippen LogP) is 3.00. The van der Waals surface area contributed by atoms with E-state index >= 15 is 0 Å². The van der Waals surface area contributed by atoms with E-state index in [0.717, 1.165) is 16.7 Å². The molecule has 3 N–H and O–H groups in total. The van der Waals surface area contributed by atoms with Crippen molar-refractivity contribution in [3.05, 3.63) is 70.5 Å². The van der Waals surface area contributed by atoms with Gasteiger partial charge in [0.25, 0.3) is 0 Å². The third-order valence-corrected chi connectivity index (χ3v) is 3.07. The number of nitrogens with two attached hydrogens (primary N) is 1. The van der Waals surface area contributed by atoms with Crippen LogP contribution in [0.25, 0.3) is 0 Å². The Morgan fingerprint density at radius 3 is 2.33 bits per heavy atom. The molecule has 0 spiro atoms. The van der Waals surface area contributed by atoms with E-state index in [0.29, 0.717) is 5.56 Å². The summed E-state index contributed by atoms with van der Waals surface area (Å²) in [5.41, 5.74) is 6.07. The van der Waals surface area contributed by atoms with Crippen LogP contribution in [0.4, 0.5) is 4.39 Å². The Labute approximate surface area is 107 Å². The first-order chi connectivity index (χ1) is 8.63. The van der Waals surface area contributed by atoms with Gasteiger partial charge in [-0.1, -0.05) is 36.4 Å². The highest BCUT2D eigenvalue weighted by Crippen LogP contribution is 2.27. The van der Waals surface area contributed by atoms with Crippen molar-refractivity contribution in [2.75, 3.05) is 0 Å². The standard InChI is InChI=1S/C15H17FN2/c1-10-8-11(2)14(13(16)9-10)15(18-17)12-6-4-3-5-7-12/h3-9,15,18H,17H2,1-2H3. The van der Waals surface area contributed by atoms with Crippen LogP contribution in [-0.4, -0.2) is 0 Å². The molecule has 2 rings (SSSR count). The molecule has 0 aromatic heterocycles. The SMILES string of the molecule is Cc1cc(C)c(C(NN)c2ccccc2)c(F)c1. The highest BCUT2D eigenvalue weighted by molar-refractivity contribution is 5.39. The van der Waals surface area contributed by atoms with Crippen molar-refractivity contribution >= 4 is 0 Å². The number of benzene rings is 2. The number of rotatable bonds is 3. The first-order valence-electron chi connectivity index (χ1n) is 5.91. The molecule has 1 unspecified atom stereocenters. The summed E-state index contributed by atoms with van der Waals surface area (Å²) in [7, 11) is 0. The van der Waals surface area contributed by atoms with Gasteiger partial charge in [-0.25, -0.2) is 9.82 Å². The summed E-state index contributed by atoms with van der Waals surface area (Å²) in [5.74, 6) is 5.37. The fraction of sp³-hybridized carbons (Fsp3) is 0.200. The van der Waals surface area contributed by atoms with Crippen LogP contribution in [0.15, 0.2) is 42.5 Å². The summed E-state index contributed by atoms with van der Waals surface area (Å²) in [6, 6.07) is 12.8. The number of aryl methyl sites for hydroxylation is 2. The van der Waals surface area contributed by atoms with Gasteiger partial charge in [-0.15, -0.1) is 0 Å². The third kappa shape index (κ3) is 2.42. The minimum Gasteiger partial charge on any atom is -0.271 e. The van der Waals surface area contributed by atoms with E-state index in [1.807, 2.05) is 50.2 Å². The summed E-state index contributed by atoms with van der Waals surface area (Å²) in [6.07, 6.45) is 0. The first-order valence-corrected chi connectivity index (χ1v) is 5.91. The van der Waals surface area contributed by atoms with E-state index in [2.05, 4.69) is 5.43 Å². The number of halogens is 1. The molecule has 0 aliphatic carbocycles. The minimum absolute atomic E-state index is 0.223. The van der Waals surface area contributed by atoms with Crippen LogP contribution in [0, 0.1) is 19.7 Å². The Hall–Kier alpha value is -1.71. The average Bonchev–Trinajstić information content (AvgIpc) is 2.34. The molecule has 94 valence electrons.